The number of fused-ring (bicyclic) bond motifs is 2. The Kier molecular flexibility index (Phi) is 5.12. The molecule has 0 unspecified atom stereocenters. The van der Waals surface area contributed by atoms with E-state index in [1.54, 1.807) is 6.07 Å². The maximum absolute atomic E-state index is 11.9. The molecule has 35 heavy (non-hydrogen) atoms. The fraction of sp³-hybridized carbons (Fsp3) is 0. The number of benzene rings is 6. The maximum Gasteiger partial charge on any atom is 0.153 e. The van der Waals surface area contributed by atoms with Gasteiger partial charge in [-0.3, -0.25) is 4.79 Å². The summed E-state index contributed by atoms with van der Waals surface area (Å²) in [6.45, 7) is 0. The molecule has 0 aliphatic heterocycles. The fourth-order valence-corrected chi connectivity index (χ4v) is 4.96. The average Bonchev–Trinajstić information content (AvgIpc) is 2.93. The molecule has 0 spiro atoms. The topological polar surface area (TPSA) is 37.3 Å². The summed E-state index contributed by atoms with van der Waals surface area (Å²) in [5.41, 5.74) is 6.26. The highest BCUT2D eigenvalue weighted by Gasteiger charge is 2.20. The molecule has 2 heteroatoms. The van der Waals surface area contributed by atoms with Crippen LogP contribution in [0.25, 0.3) is 54.9 Å². The molecule has 6 rings (SSSR count). The summed E-state index contributed by atoms with van der Waals surface area (Å²) in [6.07, 6.45) is 0.727. The van der Waals surface area contributed by atoms with Gasteiger partial charge in [0, 0.05) is 11.1 Å². The molecule has 6 aromatic carbocycles. The van der Waals surface area contributed by atoms with Crippen LogP contribution in [0.2, 0.25) is 0 Å². The van der Waals surface area contributed by atoms with Crippen molar-refractivity contribution in [1.82, 2.24) is 0 Å². The number of carbonyl (C=O) groups excluding carboxylic acids is 1. The Balaban J connectivity index is 1.66. The lowest BCUT2D eigenvalue weighted by atomic mass is 9.85. The normalized spacial score (nSPS) is 11.1. The first-order valence-corrected chi connectivity index (χ1v) is 11.6. The van der Waals surface area contributed by atoms with E-state index in [0.29, 0.717) is 5.56 Å². The molecule has 0 aliphatic carbocycles. The third-order valence-corrected chi connectivity index (χ3v) is 6.66. The van der Waals surface area contributed by atoms with Crippen molar-refractivity contribution in [2.75, 3.05) is 0 Å². The summed E-state index contributed by atoms with van der Waals surface area (Å²) in [7, 11) is 0. The van der Waals surface area contributed by atoms with Crippen LogP contribution in [0.5, 0.6) is 5.75 Å². The largest absolute Gasteiger partial charge is 0.507 e. The zero-order valence-corrected chi connectivity index (χ0v) is 19.0. The lowest BCUT2D eigenvalue weighted by Crippen LogP contribution is -1.93. The quantitative estimate of drug-likeness (QED) is 0.273. The molecular formula is C33H22O2. The molecule has 1 N–H and O–H groups in total. The summed E-state index contributed by atoms with van der Waals surface area (Å²) in [5.74, 6) is 0.0113. The van der Waals surface area contributed by atoms with Crippen molar-refractivity contribution >= 4 is 27.8 Å². The predicted molar refractivity (Wildman–Crippen MR) is 145 cm³/mol. The minimum absolute atomic E-state index is 0.0113. The molecule has 166 valence electrons. The van der Waals surface area contributed by atoms with Gasteiger partial charge in [0.25, 0.3) is 0 Å². The first-order chi connectivity index (χ1) is 17.2. The molecule has 0 saturated carbocycles. The zero-order chi connectivity index (χ0) is 23.8. The molecule has 0 heterocycles. The number of rotatable bonds is 4. The van der Waals surface area contributed by atoms with Gasteiger partial charge in [0.15, 0.2) is 6.29 Å². The van der Waals surface area contributed by atoms with Crippen molar-refractivity contribution in [3.05, 3.63) is 127 Å². The van der Waals surface area contributed by atoms with Crippen LogP contribution in [0, 0.1) is 0 Å². The van der Waals surface area contributed by atoms with Gasteiger partial charge in [-0.15, -0.1) is 0 Å². The third kappa shape index (κ3) is 3.56. The van der Waals surface area contributed by atoms with Crippen LogP contribution in [-0.2, 0) is 0 Å². The van der Waals surface area contributed by atoms with E-state index in [4.69, 9.17) is 0 Å². The van der Waals surface area contributed by atoms with Crippen molar-refractivity contribution in [2.45, 2.75) is 0 Å². The molecule has 0 aliphatic rings. The van der Waals surface area contributed by atoms with Crippen LogP contribution in [0.15, 0.2) is 121 Å². The van der Waals surface area contributed by atoms with Crippen LogP contribution < -0.4 is 0 Å². The monoisotopic (exact) mass is 450 g/mol. The van der Waals surface area contributed by atoms with Gasteiger partial charge in [0.2, 0.25) is 0 Å². The van der Waals surface area contributed by atoms with E-state index in [1.165, 1.54) is 5.56 Å². The SMILES string of the molecule is O=Cc1cc2ccccc2c(-c2c(-c3ccc(-c4ccccc4)cc3)ccc3ccccc23)c1O. The molecule has 0 radical (unpaired) electrons. The minimum Gasteiger partial charge on any atom is -0.507 e. The van der Waals surface area contributed by atoms with Gasteiger partial charge in [-0.25, -0.2) is 0 Å². The number of hydrogen-bond donors (Lipinski definition) is 1. The Morgan fingerprint density at radius 2 is 1.09 bits per heavy atom. The van der Waals surface area contributed by atoms with Crippen LogP contribution >= 0.6 is 0 Å². The Morgan fingerprint density at radius 1 is 0.514 bits per heavy atom. The van der Waals surface area contributed by atoms with E-state index in [2.05, 4.69) is 60.7 Å². The van der Waals surface area contributed by atoms with Crippen molar-refractivity contribution in [3.63, 3.8) is 0 Å². The molecule has 0 bridgehead atoms. The van der Waals surface area contributed by atoms with Gasteiger partial charge in [0.1, 0.15) is 5.75 Å². The number of aromatic hydroxyl groups is 1. The van der Waals surface area contributed by atoms with Gasteiger partial charge >= 0.3 is 0 Å². The molecule has 0 fully saturated rings. The second-order valence-electron chi connectivity index (χ2n) is 8.68. The highest BCUT2D eigenvalue weighted by Crippen LogP contribution is 2.46. The smallest absolute Gasteiger partial charge is 0.153 e. The molecular weight excluding hydrogens is 428 g/mol. The molecule has 0 amide bonds. The lowest BCUT2D eigenvalue weighted by Gasteiger charge is -2.18. The van der Waals surface area contributed by atoms with Crippen LogP contribution in [0.3, 0.4) is 0 Å². The van der Waals surface area contributed by atoms with E-state index in [-0.39, 0.29) is 11.3 Å². The van der Waals surface area contributed by atoms with Gasteiger partial charge in [-0.05, 0) is 49.9 Å². The van der Waals surface area contributed by atoms with Crippen molar-refractivity contribution < 1.29 is 9.90 Å². The Bertz CT molecular complexity index is 1700. The van der Waals surface area contributed by atoms with Gasteiger partial charge in [-0.2, -0.15) is 0 Å². The predicted octanol–water partition coefficient (Wildman–Crippen LogP) is 8.51. The first kappa shape index (κ1) is 20.9. The summed E-state index contributed by atoms with van der Waals surface area (Å²) in [6, 6.07) is 40.8. The van der Waals surface area contributed by atoms with Crippen molar-refractivity contribution in [2.24, 2.45) is 0 Å². The highest BCUT2D eigenvalue weighted by atomic mass is 16.3. The molecule has 0 aromatic heterocycles. The number of hydrogen-bond acceptors (Lipinski definition) is 2. The number of aldehydes is 1. The minimum atomic E-state index is 0.0113. The molecule has 0 saturated heterocycles. The van der Waals surface area contributed by atoms with E-state index < -0.39 is 0 Å². The molecule has 2 nitrogen and oxygen atoms in total. The summed E-state index contributed by atoms with van der Waals surface area (Å²) in [4.78, 5) is 11.9. The van der Waals surface area contributed by atoms with Gasteiger partial charge < -0.3 is 5.11 Å². The molecule has 0 atom stereocenters. The Labute approximate surface area is 203 Å². The second-order valence-corrected chi connectivity index (χ2v) is 8.68. The Morgan fingerprint density at radius 3 is 1.80 bits per heavy atom. The summed E-state index contributed by atoms with van der Waals surface area (Å²) in [5, 5.41) is 15.3. The maximum atomic E-state index is 11.9. The summed E-state index contributed by atoms with van der Waals surface area (Å²) >= 11 is 0. The number of phenols is 1. The number of phenolic OH excluding ortho intramolecular Hbond substituents is 1. The van der Waals surface area contributed by atoms with Crippen LogP contribution in [0.4, 0.5) is 0 Å². The first-order valence-electron chi connectivity index (χ1n) is 11.6. The fourth-order valence-electron chi connectivity index (χ4n) is 4.96. The van der Waals surface area contributed by atoms with Crippen LogP contribution in [-0.4, -0.2) is 11.4 Å². The van der Waals surface area contributed by atoms with Crippen molar-refractivity contribution in [1.29, 1.82) is 0 Å². The Hall–Kier alpha value is -4.69. The van der Waals surface area contributed by atoms with E-state index in [0.717, 1.165) is 50.1 Å². The summed E-state index contributed by atoms with van der Waals surface area (Å²) < 4.78 is 0. The van der Waals surface area contributed by atoms with Gasteiger partial charge in [0.05, 0.1) is 5.56 Å². The second kappa shape index (κ2) is 8.58. The van der Waals surface area contributed by atoms with Crippen LogP contribution in [0.1, 0.15) is 10.4 Å². The number of carbonyl (C=O) groups is 1. The standard InChI is InChI=1S/C33H22O2/c34-21-27-20-26-11-5-7-13-29(26)32(33(27)35)31-28-12-6-4-10-24(28)18-19-30(31)25-16-14-23(15-17-25)22-8-2-1-3-9-22/h1-21,35H. The zero-order valence-electron chi connectivity index (χ0n) is 19.0. The van der Waals surface area contributed by atoms with E-state index >= 15 is 0 Å². The lowest BCUT2D eigenvalue weighted by molar-refractivity contribution is 0.112. The van der Waals surface area contributed by atoms with Gasteiger partial charge in [-0.1, -0.05) is 115 Å². The molecule has 6 aromatic rings. The highest BCUT2D eigenvalue weighted by molar-refractivity contribution is 6.14. The van der Waals surface area contributed by atoms with Crippen molar-refractivity contribution in [3.8, 4) is 39.1 Å². The third-order valence-electron chi connectivity index (χ3n) is 6.66. The van der Waals surface area contributed by atoms with E-state index in [9.17, 15) is 9.90 Å². The average molecular weight is 451 g/mol. The van der Waals surface area contributed by atoms with E-state index in [1.807, 2.05) is 54.6 Å².